The Morgan fingerprint density at radius 2 is 1.21 bits per heavy atom. The van der Waals surface area contributed by atoms with Crippen molar-refractivity contribution in [1.82, 2.24) is 0 Å². The predicted molar refractivity (Wildman–Crippen MR) is 85.2 cm³/mol. The number of fused-ring (bicyclic) bond motifs is 4. The second-order valence-corrected chi connectivity index (χ2v) is 7.43. The summed E-state index contributed by atoms with van der Waals surface area (Å²) < 4.78 is 10.2. The van der Waals surface area contributed by atoms with Crippen LogP contribution < -0.4 is 0 Å². The molecule has 4 aliphatic rings. The van der Waals surface area contributed by atoms with E-state index in [9.17, 15) is 9.59 Å². The monoisotopic (exact) mass is 330 g/mol. The van der Waals surface area contributed by atoms with E-state index in [0.29, 0.717) is 48.7 Å². The van der Waals surface area contributed by atoms with E-state index in [-0.39, 0.29) is 0 Å². The van der Waals surface area contributed by atoms with Gasteiger partial charge in [0.05, 0.1) is 13.2 Å². The molecular formula is C18H22N2O4. The van der Waals surface area contributed by atoms with Gasteiger partial charge in [-0.2, -0.15) is 0 Å². The summed E-state index contributed by atoms with van der Waals surface area (Å²) in [5.74, 6) is 3.04. The van der Waals surface area contributed by atoms with Crippen molar-refractivity contribution in [2.45, 2.75) is 25.7 Å². The van der Waals surface area contributed by atoms with Crippen molar-refractivity contribution >= 4 is 12.2 Å². The second kappa shape index (κ2) is 6.49. The molecule has 24 heavy (non-hydrogen) atoms. The van der Waals surface area contributed by atoms with Gasteiger partial charge in [0.2, 0.25) is 0 Å². The van der Waals surface area contributed by atoms with Gasteiger partial charge in [0, 0.05) is 11.8 Å². The highest BCUT2D eigenvalue weighted by molar-refractivity contribution is 5.73. The van der Waals surface area contributed by atoms with Crippen molar-refractivity contribution in [3.63, 3.8) is 0 Å². The number of azo groups is 1. The topological polar surface area (TPSA) is 77.3 Å². The number of allylic oxidation sites excluding steroid dienone is 4. The summed E-state index contributed by atoms with van der Waals surface area (Å²) in [5.41, 5.74) is 0. The molecule has 6 nitrogen and oxygen atoms in total. The summed E-state index contributed by atoms with van der Waals surface area (Å²) in [6, 6.07) is 0. The van der Waals surface area contributed by atoms with Crippen LogP contribution in [0.15, 0.2) is 34.5 Å². The first-order valence-electron chi connectivity index (χ1n) is 8.79. The molecule has 0 heterocycles. The summed E-state index contributed by atoms with van der Waals surface area (Å²) in [6.07, 6.45) is 11.7. The standard InChI is InChI=1S/C18H22N2O4/c21-17(23-9-15-7-11-1-3-13(15)5-11)19-20-18(22)24-10-16-8-12-2-4-14(16)6-12/h1-4,11-16H,5-10H2/b20-19+/t11-,12+,13+,14-,15?,16?. The molecule has 4 bridgehead atoms. The van der Waals surface area contributed by atoms with E-state index in [4.69, 9.17) is 9.47 Å². The van der Waals surface area contributed by atoms with Gasteiger partial charge in [-0.3, -0.25) is 0 Å². The number of hydrogen-bond acceptors (Lipinski definition) is 4. The van der Waals surface area contributed by atoms with Crippen molar-refractivity contribution in [3.8, 4) is 0 Å². The minimum absolute atomic E-state index is 0.343. The third-order valence-corrected chi connectivity index (χ3v) is 5.89. The molecule has 0 N–H and O–H groups in total. The highest BCUT2D eigenvalue weighted by Crippen LogP contribution is 2.44. The zero-order valence-corrected chi connectivity index (χ0v) is 13.5. The van der Waals surface area contributed by atoms with E-state index in [2.05, 4.69) is 34.5 Å². The molecule has 0 radical (unpaired) electrons. The summed E-state index contributed by atoms with van der Waals surface area (Å²) in [5, 5.41) is 6.60. The Morgan fingerprint density at radius 3 is 1.54 bits per heavy atom. The van der Waals surface area contributed by atoms with Gasteiger partial charge in [0.15, 0.2) is 0 Å². The van der Waals surface area contributed by atoms with Crippen LogP contribution in [0, 0.1) is 35.5 Å². The van der Waals surface area contributed by atoms with E-state index in [1.165, 1.54) is 0 Å². The first-order valence-corrected chi connectivity index (χ1v) is 8.79. The van der Waals surface area contributed by atoms with Crippen LogP contribution in [0.5, 0.6) is 0 Å². The zero-order chi connectivity index (χ0) is 16.5. The SMILES string of the molecule is O=C(/N=N/C(=O)OCC1C[C@@H]2C=C[C@H]1C2)OCC1C[C@H]2C=C[C@@H]1C2. The van der Waals surface area contributed by atoms with Crippen LogP contribution >= 0.6 is 0 Å². The first kappa shape index (κ1) is 15.5. The van der Waals surface area contributed by atoms with Gasteiger partial charge in [-0.15, -0.1) is 0 Å². The molecule has 0 aliphatic heterocycles. The Hall–Kier alpha value is -1.98. The summed E-state index contributed by atoms with van der Waals surface area (Å²) in [4.78, 5) is 23.1. The Balaban J connectivity index is 1.15. The average Bonchev–Trinajstić information content (AvgIpc) is 3.36. The van der Waals surface area contributed by atoms with Gasteiger partial charge < -0.3 is 9.47 Å². The van der Waals surface area contributed by atoms with Crippen LogP contribution in [0.2, 0.25) is 0 Å². The number of ether oxygens (including phenoxy) is 2. The van der Waals surface area contributed by atoms with Gasteiger partial charge in [0.25, 0.3) is 0 Å². The molecule has 0 saturated heterocycles. The van der Waals surface area contributed by atoms with E-state index < -0.39 is 12.2 Å². The average molecular weight is 330 g/mol. The maximum atomic E-state index is 11.6. The van der Waals surface area contributed by atoms with Gasteiger partial charge in [-0.25, -0.2) is 9.59 Å². The molecule has 4 aliphatic carbocycles. The Labute approximate surface area is 141 Å². The summed E-state index contributed by atoms with van der Waals surface area (Å²) in [7, 11) is 0. The van der Waals surface area contributed by atoms with Crippen molar-refractivity contribution in [2.24, 2.45) is 45.7 Å². The highest BCUT2D eigenvalue weighted by atomic mass is 16.6. The van der Waals surface area contributed by atoms with Gasteiger partial charge in [0.1, 0.15) is 0 Å². The number of nitrogens with zero attached hydrogens (tertiary/aromatic N) is 2. The molecule has 0 aromatic carbocycles. The maximum Gasteiger partial charge on any atom is 0.452 e. The number of rotatable bonds is 4. The predicted octanol–water partition coefficient (Wildman–Crippen LogP) is 4.14. The molecule has 2 amide bonds. The van der Waals surface area contributed by atoms with Crippen LogP contribution in [0.1, 0.15) is 25.7 Å². The normalized spacial score (nSPS) is 38.3. The number of carbonyl (C=O) groups excluding carboxylic acids is 2. The fraction of sp³-hybridized carbons (Fsp3) is 0.667. The van der Waals surface area contributed by atoms with Crippen LogP contribution in [0.25, 0.3) is 0 Å². The van der Waals surface area contributed by atoms with Crippen molar-refractivity contribution in [3.05, 3.63) is 24.3 Å². The Bertz CT molecular complexity index is 560. The molecule has 6 heteroatoms. The largest absolute Gasteiger partial charge is 0.452 e. The molecule has 0 spiro atoms. The van der Waals surface area contributed by atoms with Crippen LogP contribution in [-0.2, 0) is 9.47 Å². The highest BCUT2D eigenvalue weighted by Gasteiger charge is 2.37. The fourth-order valence-electron chi connectivity index (χ4n) is 4.67. The number of carbonyl (C=O) groups is 2. The maximum absolute atomic E-state index is 11.6. The smallest absolute Gasteiger partial charge is 0.447 e. The lowest BCUT2D eigenvalue weighted by Crippen LogP contribution is -2.17. The zero-order valence-electron chi connectivity index (χ0n) is 13.5. The van der Waals surface area contributed by atoms with Crippen molar-refractivity contribution in [2.75, 3.05) is 13.2 Å². The summed E-state index contributed by atoms with van der Waals surface area (Å²) >= 11 is 0. The molecular weight excluding hydrogens is 308 g/mol. The number of hydrogen-bond donors (Lipinski definition) is 0. The van der Waals surface area contributed by atoms with Crippen LogP contribution in [0.3, 0.4) is 0 Å². The molecule has 6 atom stereocenters. The number of amides is 2. The molecule has 128 valence electrons. The molecule has 0 aromatic heterocycles. The molecule has 2 saturated carbocycles. The van der Waals surface area contributed by atoms with Crippen molar-refractivity contribution < 1.29 is 19.1 Å². The molecule has 2 unspecified atom stereocenters. The van der Waals surface area contributed by atoms with E-state index >= 15 is 0 Å². The van der Waals surface area contributed by atoms with E-state index in [1.807, 2.05) is 0 Å². The Morgan fingerprint density at radius 1 is 0.750 bits per heavy atom. The van der Waals surface area contributed by atoms with Crippen molar-refractivity contribution in [1.29, 1.82) is 0 Å². The molecule has 2 fully saturated rings. The lowest BCUT2D eigenvalue weighted by molar-refractivity contribution is 0.120. The minimum atomic E-state index is -0.818. The van der Waals surface area contributed by atoms with E-state index in [0.717, 1.165) is 25.7 Å². The van der Waals surface area contributed by atoms with Crippen LogP contribution in [0.4, 0.5) is 9.59 Å². The first-order chi connectivity index (χ1) is 11.7. The van der Waals surface area contributed by atoms with Gasteiger partial charge in [-0.05, 0) is 49.4 Å². The third-order valence-electron chi connectivity index (χ3n) is 5.89. The quantitative estimate of drug-likeness (QED) is 0.573. The van der Waals surface area contributed by atoms with Crippen LogP contribution in [-0.4, -0.2) is 25.4 Å². The second-order valence-electron chi connectivity index (χ2n) is 7.43. The third kappa shape index (κ3) is 3.28. The lowest BCUT2D eigenvalue weighted by Gasteiger charge is -2.16. The van der Waals surface area contributed by atoms with Gasteiger partial charge >= 0.3 is 12.2 Å². The van der Waals surface area contributed by atoms with Gasteiger partial charge in [-0.1, -0.05) is 34.5 Å². The summed E-state index contributed by atoms with van der Waals surface area (Å²) in [6.45, 7) is 0.686. The molecule has 4 rings (SSSR count). The minimum Gasteiger partial charge on any atom is -0.447 e. The Kier molecular flexibility index (Phi) is 4.21. The fourth-order valence-corrected chi connectivity index (χ4v) is 4.67. The molecule has 0 aromatic rings. The lowest BCUT2D eigenvalue weighted by atomic mass is 9.95. The van der Waals surface area contributed by atoms with E-state index in [1.54, 1.807) is 0 Å².